The number of aliphatic hydroxyl groups is 1. The number of carboxylic acid groups (broad SMARTS) is 2. The molecule has 0 bridgehead atoms. The summed E-state index contributed by atoms with van der Waals surface area (Å²) < 4.78 is 0. The Balaban J connectivity index is 0.00000294. The average Bonchev–Trinajstić information content (AvgIpc) is 3.94. The van der Waals surface area contributed by atoms with Gasteiger partial charge in [-0.2, -0.15) is 0 Å². The van der Waals surface area contributed by atoms with Crippen LogP contribution in [-0.4, -0.2) is 152 Å². The lowest BCUT2D eigenvalue weighted by Crippen LogP contribution is -2.61. The van der Waals surface area contributed by atoms with Gasteiger partial charge < -0.3 is 74.3 Å². The number of amides is 9. The van der Waals surface area contributed by atoms with Crippen molar-refractivity contribution >= 4 is 76.0 Å². The van der Waals surface area contributed by atoms with Crippen molar-refractivity contribution in [1.29, 1.82) is 0 Å². The van der Waals surface area contributed by atoms with Crippen LogP contribution < -0.4 is 49.1 Å². The highest BCUT2D eigenvalue weighted by atomic mass is 16.4. The quantitative estimate of drug-likeness (QED) is 0.0428. The largest absolute Gasteiger partial charge is 0.481 e. The van der Waals surface area contributed by atoms with Gasteiger partial charge in [-0.3, -0.25) is 52.7 Å². The van der Waals surface area contributed by atoms with Crippen molar-refractivity contribution in [3.63, 3.8) is 0 Å². The van der Waals surface area contributed by atoms with Crippen LogP contribution in [-0.2, 0) is 65.6 Å². The van der Waals surface area contributed by atoms with Crippen LogP contribution in [0.3, 0.4) is 0 Å². The van der Waals surface area contributed by atoms with Crippen molar-refractivity contribution in [2.45, 2.75) is 94.7 Å². The van der Waals surface area contributed by atoms with E-state index in [1.807, 2.05) is 0 Å². The van der Waals surface area contributed by atoms with Gasteiger partial charge in [-0.1, -0.05) is 48.5 Å². The van der Waals surface area contributed by atoms with Gasteiger partial charge in [0.2, 0.25) is 53.2 Å². The van der Waals surface area contributed by atoms with Crippen molar-refractivity contribution in [2.24, 2.45) is 17.2 Å². The van der Waals surface area contributed by atoms with Gasteiger partial charge in [0.1, 0.15) is 36.3 Å². The maximum atomic E-state index is 13.9. The third kappa shape index (κ3) is 17.1. The Morgan fingerprint density at radius 1 is 0.721 bits per heavy atom. The number of nitrogens with zero attached hydrogens (tertiary/aromatic N) is 1. The van der Waals surface area contributed by atoms with Gasteiger partial charge in [0.15, 0.2) is 0 Å². The van der Waals surface area contributed by atoms with Crippen molar-refractivity contribution in [3.8, 4) is 0 Å². The van der Waals surface area contributed by atoms with Gasteiger partial charge in [-0.15, -0.1) is 0 Å². The minimum atomic E-state index is -1.77. The van der Waals surface area contributed by atoms with Crippen LogP contribution in [0, 0.1) is 0 Å². The van der Waals surface area contributed by atoms with Crippen LogP contribution in [0.15, 0.2) is 60.8 Å². The van der Waals surface area contributed by atoms with E-state index in [0.717, 1.165) is 22.7 Å². The molecular weight excluding hydrogens is 895 g/mol. The number of benzene rings is 2. The van der Waals surface area contributed by atoms with E-state index in [2.05, 4.69) is 36.9 Å². The van der Waals surface area contributed by atoms with Crippen molar-refractivity contribution in [3.05, 3.63) is 71.9 Å². The van der Waals surface area contributed by atoms with Gasteiger partial charge in [0.05, 0.1) is 32.0 Å². The number of aliphatic hydroxyl groups excluding tert-OH is 1. The maximum absolute atomic E-state index is 13.9. The van der Waals surface area contributed by atoms with Crippen LogP contribution in [0.25, 0.3) is 10.9 Å². The molecule has 68 heavy (non-hydrogen) atoms. The van der Waals surface area contributed by atoms with Crippen LogP contribution in [0.5, 0.6) is 0 Å². The molecule has 0 saturated carbocycles. The zero-order valence-corrected chi connectivity index (χ0v) is 37.2. The Morgan fingerprint density at radius 2 is 1.28 bits per heavy atom. The second-order valence-corrected chi connectivity index (χ2v) is 15.7. The molecule has 368 valence electrons. The summed E-state index contributed by atoms with van der Waals surface area (Å²) >= 11 is 0. The van der Waals surface area contributed by atoms with E-state index >= 15 is 0 Å². The first kappa shape index (κ1) is 54.4. The smallest absolute Gasteiger partial charge is 0.305 e. The van der Waals surface area contributed by atoms with Gasteiger partial charge in [-0.25, -0.2) is 0 Å². The zero-order valence-electron chi connectivity index (χ0n) is 37.2. The number of aromatic nitrogens is 1. The van der Waals surface area contributed by atoms with Gasteiger partial charge in [-0.05, 0) is 37.0 Å². The van der Waals surface area contributed by atoms with E-state index in [1.165, 1.54) is 6.92 Å². The molecule has 2 aromatic carbocycles. The number of carbonyl (C=O) groups excluding carboxylic acids is 9. The van der Waals surface area contributed by atoms with Crippen molar-refractivity contribution in [1.82, 2.24) is 41.8 Å². The number of aliphatic carboxylic acids is 2. The predicted octanol–water partition coefficient (Wildman–Crippen LogP) is -4.25. The van der Waals surface area contributed by atoms with Gasteiger partial charge in [0, 0.05) is 43.4 Å². The molecule has 0 spiro atoms. The molecule has 25 heteroatoms. The normalized spacial score (nSPS) is 15.6. The lowest BCUT2D eigenvalue weighted by Gasteiger charge is -2.28. The van der Waals surface area contributed by atoms with E-state index in [1.54, 1.807) is 60.8 Å². The summed E-state index contributed by atoms with van der Waals surface area (Å²) in [5.41, 5.74) is 18.2. The summed E-state index contributed by atoms with van der Waals surface area (Å²) in [5.74, 6) is -10.4. The number of carboxylic acids is 2. The fourth-order valence-corrected chi connectivity index (χ4v) is 6.97. The molecule has 1 aliphatic heterocycles. The monoisotopic (exact) mass is 951 g/mol. The second kappa shape index (κ2) is 26.3. The Kier molecular flexibility index (Phi) is 21.0. The predicted molar refractivity (Wildman–Crippen MR) is 239 cm³/mol. The lowest BCUT2D eigenvalue weighted by molar-refractivity contribution is -0.144. The molecule has 1 aromatic heterocycles. The first-order valence-electron chi connectivity index (χ1n) is 21.1. The van der Waals surface area contributed by atoms with Crippen molar-refractivity contribution < 1.29 is 68.1 Å². The molecule has 0 unspecified atom stereocenters. The Labute approximate surface area is 388 Å². The first-order chi connectivity index (χ1) is 32.1. The molecule has 0 aliphatic carbocycles. The number of nitrogens with two attached hydrogens (primary N) is 3. The second-order valence-electron chi connectivity index (χ2n) is 15.7. The molecule has 1 saturated heterocycles. The molecule has 7 atom stereocenters. The summed E-state index contributed by atoms with van der Waals surface area (Å²) in [6.45, 7) is 0.963. The number of fused-ring (bicyclic) bond motifs is 1. The number of aromatic amines is 1. The molecule has 4 rings (SSSR count). The van der Waals surface area contributed by atoms with Crippen molar-refractivity contribution in [2.75, 3.05) is 19.7 Å². The van der Waals surface area contributed by atoms with Crippen LogP contribution >= 0.6 is 0 Å². The summed E-state index contributed by atoms with van der Waals surface area (Å²) in [4.78, 5) is 142. The Morgan fingerprint density at radius 3 is 1.90 bits per heavy atom. The average molecular weight is 952 g/mol. The number of rotatable bonds is 23. The molecule has 16 N–H and O–H groups in total. The number of H-pyrrole nitrogens is 1. The molecular formula is C43H57N11O14. The number of para-hydroxylation sites is 1. The third-order valence-electron chi connectivity index (χ3n) is 10.2. The van der Waals surface area contributed by atoms with E-state index in [9.17, 15) is 53.1 Å². The Hall–Kier alpha value is -7.93. The zero-order chi connectivity index (χ0) is 50.7. The summed E-state index contributed by atoms with van der Waals surface area (Å²) in [6, 6.07) is 5.41. The molecule has 0 radical (unpaired) electrons. The molecule has 9 amide bonds. The lowest BCUT2D eigenvalue weighted by atomic mass is 10.0. The molecule has 2 heterocycles. The number of carbonyl (C=O) groups is 11. The van der Waals surface area contributed by atoms with Gasteiger partial charge in [0.25, 0.3) is 5.97 Å². The minimum Gasteiger partial charge on any atom is -0.481 e. The van der Waals surface area contributed by atoms with Crippen LogP contribution in [0.1, 0.15) is 50.7 Å². The van der Waals surface area contributed by atoms with E-state index in [0.29, 0.717) is 17.5 Å². The van der Waals surface area contributed by atoms with Crippen LogP contribution in [0.4, 0.5) is 0 Å². The van der Waals surface area contributed by atoms with Gasteiger partial charge >= 0.3 is 5.97 Å². The molecule has 3 aromatic rings. The first-order valence-corrected chi connectivity index (χ1v) is 21.1. The number of hydrogen-bond acceptors (Lipinski definition) is 13. The topological polar surface area (TPSA) is 418 Å². The number of primary amides is 2. The Bertz CT molecular complexity index is 2320. The number of likely N-dealkylation sites (tertiary alicyclic amines) is 1. The minimum absolute atomic E-state index is 0.106. The highest BCUT2D eigenvalue weighted by Gasteiger charge is 2.38. The molecule has 1 aliphatic rings. The third-order valence-corrected chi connectivity index (χ3v) is 10.2. The highest BCUT2D eigenvalue weighted by molar-refractivity contribution is 5.99. The van der Waals surface area contributed by atoms with E-state index in [-0.39, 0.29) is 25.8 Å². The molecule has 25 nitrogen and oxygen atoms in total. The number of nitrogens with one attached hydrogen (secondary N) is 7. The highest BCUT2D eigenvalue weighted by Crippen LogP contribution is 2.20. The van der Waals surface area contributed by atoms with E-state index in [4.69, 9.17) is 32.2 Å². The summed E-state index contributed by atoms with van der Waals surface area (Å²) in [5, 5.41) is 41.8. The summed E-state index contributed by atoms with van der Waals surface area (Å²) in [6.07, 6.45) is 0.525. The molecule has 1 fully saturated rings. The fraction of sp³-hybridized carbons (Fsp3) is 0.419. The number of hydrogen-bond donors (Lipinski definition) is 13. The standard InChI is InChI=1S/C41H53N11O12.C2H4O2/c1-21(47-40(63)31-12-7-13-52(31)41(64)25(42)16-34(56)57)35(58)48-27(14-22-8-3-2-4-9-22)37(60)50-29(17-32(43)54)38(61)51-30(20-53)39(62)49-28(36(59)46-19-33(44)55)15-23-18-45-26-11-6-5-10-24(23)26;1-2(3)4/h2-6,8-11,18,21,25,27-31,45,53H,7,12-17,19-20,42H2,1H3,(H2,43,54)(H2,44,55)(H,46,59)(H,47,63)(H,48,58)(H,49,62)(H,50,60)(H,51,61)(H,56,57);1H3,(H,3,4)/t21-,25-,27-,28+,29-,30-,31-;/m0./s1. The fourth-order valence-electron chi connectivity index (χ4n) is 6.97. The van der Waals surface area contributed by atoms with Crippen LogP contribution in [0.2, 0.25) is 0 Å². The SMILES string of the molecule is CC(=O)O.C[C@H](NC(=O)[C@@H]1CCCN1C(=O)[C@@H](N)CC(=O)O)C(=O)N[C@@H](Cc1ccccc1)C(=O)N[C@@H](CC(N)=O)C(=O)N[C@@H](CO)C(=O)N[C@H](Cc1c[nH]c2ccccc12)C(=O)NCC(N)=O. The maximum Gasteiger partial charge on any atom is 0.305 e. The summed E-state index contributed by atoms with van der Waals surface area (Å²) in [7, 11) is 0. The van der Waals surface area contributed by atoms with E-state index < -0.39 is 133 Å².